The molecule has 1 aliphatic rings. The fraction of sp³-hybridized carbons (Fsp3) is 0.364. The van der Waals surface area contributed by atoms with Crippen LogP contribution in [0.5, 0.6) is 11.5 Å². The lowest BCUT2D eigenvalue weighted by atomic mass is 10.0. The molecule has 2 unspecified atom stereocenters. The second-order valence-corrected chi connectivity index (χ2v) is 3.63. The second kappa shape index (κ2) is 4.60. The molecule has 6 heteroatoms. The molecule has 2 atom stereocenters. The van der Waals surface area contributed by atoms with E-state index >= 15 is 0 Å². The lowest BCUT2D eigenvalue weighted by Gasteiger charge is -2.21. The standard InChI is InChI=1S/C11H12O6/c12-9(10(13)11(14)15)6-1-2-7-8(5-6)17-4-3-16-7/h1-2,5,9-10,12-13H,3-4H2,(H,14,15). The van der Waals surface area contributed by atoms with E-state index in [0.29, 0.717) is 24.7 Å². The average Bonchev–Trinajstić information content (AvgIpc) is 2.36. The molecule has 0 radical (unpaired) electrons. The number of aliphatic carboxylic acids is 1. The molecule has 0 amide bonds. The molecule has 0 saturated carbocycles. The van der Waals surface area contributed by atoms with Gasteiger partial charge in [0, 0.05) is 0 Å². The van der Waals surface area contributed by atoms with Gasteiger partial charge in [0.25, 0.3) is 0 Å². The second-order valence-electron chi connectivity index (χ2n) is 3.63. The zero-order valence-electron chi connectivity index (χ0n) is 8.87. The minimum atomic E-state index is -1.86. The van der Waals surface area contributed by atoms with Gasteiger partial charge in [-0.25, -0.2) is 4.79 Å². The minimum absolute atomic E-state index is 0.268. The summed E-state index contributed by atoms with van der Waals surface area (Å²) in [7, 11) is 0. The van der Waals surface area contributed by atoms with Crippen molar-refractivity contribution in [1.82, 2.24) is 0 Å². The van der Waals surface area contributed by atoms with Gasteiger partial charge in [-0.15, -0.1) is 0 Å². The molecule has 1 aromatic carbocycles. The Morgan fingerprint density at radius 3 is 2.47 bits per heavy atom. The topological polar surface area (TPSA) is 96.2 Å². The lowest BCUT2D eigenvalue weighted by Crippen LogP contribution is -2.27. The van der Waals surface area contributed by atoms with Crippen LogP contribution in [-0.2, 0) is 4.79 Å². The predicted octanol–water partition coefficient (Wildman–Crippen LogP) is -0.0633. The number of carbonyl (C=O) groups is 1. The van der Waals surface area contributed by atoms with Crippen LogP contribution in [0.3, 0.4) is 0 Å². The predicted molar refractivity (Wildman–Crippen MR) is 56.0 cm³/mol. The summed E-state index contributed by atoms with van der Waals surface area (Å²) in [6.07, 6.45) is -3.36. The molecular formula is C11H12O6. The molecule has 0 saturated heterocycles. The monoisotopic (exact) mass is 240 g/mol. The Labute approximate surface area is 97.0 Å². The van der Waals surface area contributed by atoms with Crippen LogP contribution in [-0.4, -0.2) is 40.6 Å². The van der Waals surface area contributed by atoms with Crippen LogP contribution in [0, 0.1) is 0 Å². The molecule has 92 valence electrons. The summed E-state index contributed by atoms with van der Waals surface area (Å²) in [4.78, 5) is 10.5. The quantitative estimate of drug-likeness (QED) is 0.684. The summed E-state index contributed by atoms with van der Waals surface area (Å²) < 4.78 is 10.6. The number of benzene rings is 1. The van der Waals surface area contributed by atoms with Crippen molar-refractivity contribution >= 4 is 5.97 Å². The Morgan fingerprint density at radius 1 is 1.18 bits per heavy atom. The number of hydrogen-bond donors (Lipinski definition) is 3. The largest absolute Gasteiger partial charge is 0.486 e. The smallest absolute Gasteiger partial charge is 0.335 e. The van der Waals surface area contributed by atoms with E-state index in [4.69, 9.17) is 14.6 Å². The van der Waals surface area contributed by atoms with Gasteiger partial charge in [-0.2, -0.15) is 0 Å². The van der Waals surface area contributed by atoms with Crippen LogP contribution in [0.4, 0.5) is 0 Å². The fourth-order valence-electron chi connectivity index (χ4n) is 1.56. The first-order valence-electron chi connectivity index (χ1n) is 5.08. The zero-order valence-corrected chi connectivity index (χ0v) is 8.87. The van der Waals surface area contributed by atoms with Crippen molar-refractivity contribution in [2.45, 2.75) is 12.2 Å². The van der Waals surface area contributed by atoms with Crippen LogP contribution in [0.2, 0.25) is 0 Å². The molecule has 2 rings (SSSR count). The van der Waals surface area contributed by atoms with E-state index in [1.54, 1.807) is 6.07 Å². The highest BCUT2D eigenvalue weighted by Crippen LogP contribution is 2.33. The number of aliphatic hydroxyl groups excluding tert-OH is 2. The highest BCUT2D eigenvalue weighted by molar-refractivity contribution is 5.73. The van der Waals surface area contributed by atoms with Crippen LogP contribution in [0.15, 0.2) is 18.2 Å². The molecule has 3 N–H and O–H groups in total. The molecule has 6 nitrogen and oxygen atoms in total. The summed E-state index contributed by atoms with van der Waals surface area (Å²) >= 11 is 0. The number of rotatable bonds is 3. The van der Waals surface area contributed by atoms with E-state index in [-0.39, 0.29) is 5.56 Å². The van der Waals surface area contributed by atoms with Crippen molar-refractivity contribution in [3.63, 3.8) is 0 Å². The molecule has 1 aliphatic heterocycles. The number of ether oxygens (including phenoxy) is 2. The third kappa shape index (κ3) is 2.32. The fourth-order valence-corrected chi connectivity index (χ4v) is 1.56. The SMILES string of the molecule is O=C(O)C(O)C(O)c1ccc2c(c1)OCCO2. The zero-order chi connectivity index (χ0) is 12.4. The lowest BCUT2D eigenvalue weighted by molar-refractivity contribution is -0.153. The number of carboxylic acids is 1. The normalized spacial score (nSPS) is 17.3. The van der Waals surface area contributed by atoms with Gasteiger partial charge in [-0.3, -0.25) is 0 Å². The van der Waals surface area contributed by atoms with E-state index < -0.39 is 18.2 Å². The third-order valence-electron chi connectivity index (χ3n) is 2.46. The summed E-state index contributed by atoms with van der Waals surface area (Å²) in [5.41, 5.74) is 0.268. The van der Waals surface area contributed by atoms with Crippen LogP contribution >= 0.6 is 0 Å². The minimum Gasteiger partial charge on any atom is -0.486 e. The van der Waals surface area contributed by atoms with E-state index in [1.807, 2.05) is 0 Å². The van der Waals surface area contributed by atoms with Gasteiger partial charge in [-0.1, -0.05) is 6.07 Å². The summed E-state index contributed by atoms with van der Waals surface area (Å²) in [5, 5.41) is 27.5. The van der Waals surface area contributed by atoms with E-state index in [9.17, 15) is 15.0 Å². The van der Waals surface area contributed by atoms with Crippen LogP contribution < -0.4 is 9.47 Å². The number of carboxylic acid groups (broad SMARTS) is 1. The highest BCUT2D eigenvalue weighted by Gasteiger charge is 2.26. The third-order valence-corrected chi connectivity index (χ3v) is 2.46. The van der Waals surface area contributed by atoms with Crippen molar-refractivity contribution in [3.05, 3.63) is 23.8 Å². The van der Waals surface area contributed by atoms with Gasteiger partial charge >= 0.3 is 5.97 Å². The Morgan fingerprint density at radius 2 is 1.82 bits per heavy atom. The Hall–Kier alpha value is -1.79. The Kier molecular flexibility index (Phi) is 3.16. The summed E-state index contributed by atoms with van der Waals surface area (Å²) in [6, 6.07) is 4.53. The maximum absolute atomic E-state index is 10.5. The first-order valence-corrected chi connectivity index (χ1v) is 5.08. The van der Waals surface area contributed by atoms with Crippen molar-refractivity contribution in [2.75, 3.05) is 13.2 Å². The van der Waals surface area contributed by atoms with Gasteiger partial charge in [0.1, 0.15) is 19.3 Å². The van der Waals surface area contributed by atoms with Crippen molar-refractivity contribution in [3.8, 4) is 11.5 Å². The van der Waals surface area contributed by atoms with E-state index in [1.165, 1.54) is 12.1 Å². The maximum atomic E-state index is 10.5. The van der Waals surface area contributed by atoms with Gasteiger partial charge in [0.05, 0.1) is 0 Å². The van der Waals surface area contributed by atoms with Gasteiger partial charge < -0.3 is 24.8 Å². The first kappa shape index (κ1) is 11.7. The van der Waals surface area contributed by atoms with Crippen LogP contribution in [0.1, 0.15) is 11.7 Å². The van der Waals surface area contributed by atoms with Gasteiger partial charge in [-0.05, 0) is 17.7 Å². The Balaban J connectivity index is 2.24. The van der Waals surface area contributed by atoms with Crippen LogP contribution in [0.25, 0.3) is 0 Å². The number of aliphatic hydroxyl groups is 2. The molecule has 0 spiro atoms. The van der Waals surface area contributed by atoms with Gasteiger partial charge in [0.15, 0.2) is 17.6 Å². The number of fused-ring (bicyclic) bond motifs is 1. The molecular weight excluding hydrogens is 228 g/mol. The molecule has 17 heavy (non-hydrogen) atoms. The molecule has 1 heterocycles. The van der Waals surface area contributed by atoms with E-state index in [0.717, 1.165) is 0 Å². The molecule has 1 aromatic rings. The van der Waals surface area contributed by atoms with E-state index in [2.05, 4.69) is 0 Å². The molecule has 0 bridgehead atoms. The first-order chi connectivity index (χ1) is 8.09. The highest BCUT2D eigenvalue weighted by atomic mass is 16.6. The van der Waals surface area contributed by atoms with Gasteiger partial charge in [0.2, 0.25) is 0 Å². The maximum Gasteiger partial charge on any atom is 0.335 e. The van der Waals surface area contributed by atoms with Crippen molar-refractivity contribution < 1.29 is 29.6 Å². The Bertz CT molecular complexity index is 430. The average molecular weight is 240 g/mol. The van der Waals surface area contributed by atoms with Crippen molar-refractivity contribution in [1.29, 1.82) is 0 Å². The molecule has 0 aliphatic carbocycles. The summed E-state index contributed by atoms with van der Waals surface area (Å²) in [5.74, 6) is -0.505. The number of hydrogen-bond acceptors (Lipinski definition) is 5. The summed E-state index contributed by atoms with van der Waals surface area (Å²) in [6.45, 7) is 0.848. The van der Waals surface area contributed by atoms with Crippen molar-refractivity contribution in [2.24, 2.45) is 0 Å². The molecule has 0 aromatic heterocycles. The molecule has 0 fully saturated rings.